The number of hydrogen-bond acceptors (Lipinski definition) is 7. The molecule has 0 aromatic heterocycles. The number of nitrogens with one attached hydrogen (secondary N) is 1. The molecule has 0 aliphatic rings. The number of ether oxygens (including phenoxy) is 3. The van der Waals surface area contributed by atoms with Crippen LogP contribution in [-0.4, -0.2) is 42.1 Å². The van der Waals surface area contributed by atoms with Crippen LogP contribution in [-0.2, 0) is 20.7 Å². The van der Waals surface area contributed by atoms with Crippen LogP contribution < -0.4 is 14.8 Å². The van der Waals surface area contributed by atoms with Crippen LogP contribution in [0.4, 0.5) is 13.2 Å². The number of benzene rings is 2. The molecule has 2 rings (SSSR count). The first-order valence-electron chi connectivity index (χ1n) is 10.1. The normalized spacial score (nSPS) is 12.7. The van der Waals surface area contributed by atoms with Gasteiger partial charge in [-0.2, -0.15) is 0 Å². The number of esters is 2. The van der Waals surface area contributed by atoms with Crippen molar-refractivity contribution in [2.45, 2.75) is 45.3 Å². The summed E-state index contributed by atoms with van der Waals surface area (Å²) in [6.07, 6.45) is -5.99. The Morgan fingerprint density at radius 1 is 1.00 bits per heavy atom. The molecule has 0 spiro atoms. The maximum atomic E-state index is 12.3. The Bertz CT molecular complexity index is 938. The molecule has 0 fully saturated rings. The number of carbonyl (C=O) groups is 2. The number of aliphatic hydroxyl groups excluding tert-OH is 1. The summed E-state index contributed by atoms with van der Waals surface area (Å²) in [7, 11) is 0. The lowest BCUT2D eigenvalue weighted by molar-refractivity contribution is -0.274. The molecule has 2 aromatic carbocycles. The van der Waals surface area contributed by atoms with Crippen LogP contribution >= 0.6 is 0 Å². The molecule has 180 valence electrons. The van der Waals surface area contributed by atoms with E-state index in [1.165, 1.54) is 24.3 Å². The van der Waals surface area contributed by atoms with Gasteiger partial charge in [0, 0.05) is 6.54 Å². The molecule has 33 heavy (non-hydrogen) atoms. The average Bonchev–Trinajstić information content (AvgIpc) is 2.66. The van der Waals surface area contributed by atoms with E-state index in [9.17, 15) is 27.9 Å². The molecule has 1 atom stereocenters. The summed E-state index contributed by atoms with van der Waals surface area (Å²) < 4.78 is 51.1. The summed E-state index contributed by atoms with van der Waals surface area (Å²) in [6.45, 7) is 5.32. The van der Waals surface area contributed by atoms with E-state index >= 15 is 0 Å². The summed E-state index contributed by atoms with van der Waals surface area (Å²) in [6, 6.07) is 11.1. The van der Waals surface area contributed by atoms with Gasteiger partial charge in [0.2, 0.25) is 0 Å². The van der Waals surface area contributed by atoms with Crippen LogP contribution in [0.25, 0.3) is 0 Å². The molecular weight excluding hydrogens is 443 g/mol. The minimum Gasteiger partial charge on any atom is -0.459 e. The van der Waals surface area contributed by atoms with E-state index < -0.39 is 35.8 Å². The zero-order chi connectivity index (χ0) is 24.6. The van der Waals surface area contributed by atoms with Gasteiger partial charge in [-0.3, -0.25) is 9.59 Å². The van der Waals surface area contributed by atoms with Crippen molar-refractivity contribution in [3.8, 4) is 11.5 Å². The molecule has 0 heterocycles. The first-order valence-corrected chi connectivity index (χ1v) is 10.1. The second kappa shape index (κ2) is 11.2. The van der Waals surface area contributed by atoms with E-state index in [2.05, 4.69) is 10.1 Å². The summed E-state index contributed by atoms with van der Waals surface area (Å²) in [4.78, 5) is 23.8. The highest BCUT2D eigenvalue weighted by Crippen LogP contribution is 2.24. The van der Waals surface area contributed by atoms with Crippen molar-refractivity contribution in [3.63, 3.8) is 0 Å². The Labute approximate surface area is 189 Å². The Hall–Kier alpha value is -3.11. The van der Waals surface area contributed by atoms with Crippen molar-refractivity contribution in [1.29, 1.82) is 0 Å². The molecule has 0 amide bonds. The highest BCUT2D eigenvalue weighted by atomic mass is 19.4. The molecule has 0 aliphatic heterocycles. The van der Waals surface area contributed by atoms with Crippen molar-refractivity contribution >= 4 is 11.9 Å². The van der Waals surface area contributed by atoms with E-state index in [4.69, 9.17) is 9.47 Å². The van der Waals surface area contributed by atoms with Gasteiger partial charge in [-0.25, -0.2) is 0 Å². The van der Waals surface area contributed by atoms with Crippen LogP contribution in [0.3, 0.4) is 0 Å². The number of hydrogen-bond donors (Lipinski definition) is 2. The molecule has 10 heteroatoms. The fourth-order valence-corrected chi connectivity index (χ4v) is 2.75. The standard InChI is InChI=1S/C23H26F3NO6/c1-22(2,3)33-21(30)14-27-13-19(28)16-7-9-17(10-8-16)31-20(29)12-15-5-4-6-18(11-15)32-23(24,25)26/h4-11,19,27-28H,12-14H2,1-3H3. The molecule has 0 radical (unpaired) electrons. The second-order valence-corrected chi connectivity index (χ2v) is 8.15. The summed E-state index contributed by atoms with van der Waals surface area (Å²) in [5.74, 6) is -1.33. The molecule has 0 saturated carbocycles. The van der Waals surface area contributed by atoms with Gasteiger partial charge in [-0.1, -0.05) is 24.3 Å². The van der Waals surface area contributed by atoms with E-state index in [0.717, 1.165) is 12.1 Å². The van der Waals surface area contributed by atoms with E-state index in [-0.39, 0.29) is 25.3 Å². The summed E-state index contributed by atoms with van der Waals surface area (Å²) in [5.41, 5.74) is 0.234. The molecular formula is C23H26F3NO6. The lowest BCUT2D eigenvalue weighted by Gasteiger charge is -2.20. The van der Waals surface area contributed by atoms with Crippen LogP contribution in [0.1, 0.15) is 38.0 Å². The van der Waals surface area contributed by atoms with E-state index in [0.29, 0.717) is 11.1 Å². The van der Waals surface area contributed by atoms with Crippen molar-refractivity contribution < 1.29 is 42.1 Å². The maximum absolute atomic E-state index is 12.3. The third kappa shape index (κ3) is 10.4. The Balaban J connectivity index is 1.83. The average molecular weight is 469 g/mol. The number of aliphatic hydroxyl groups is 1. The van der Waals surface area contributed by atoms with E-state index in [1.54, 1.807) is 32.9 Å². The largest absolute Gasteiger partial charge is 0.573 e. The smallest absolute Gasteiger partial charge is 0.459 e. The molecule has 0 bridgehead atoms. The molecule has 7 nitrogen and oxygen atoms in total. The molecule has 2 N–H and O–H groups in total. The van der Waals surface area contributed by atoms with Gasteiger partial charge in [0.1, 0.15) is 17.1 Å². The minimum absolute atomic E-state index is 0.0563. The van der Waals surface area contributed by atoms with Gasteiger partial charge in [0.05, 0.1) is 19.1 Å². The molecule has 0 saturated heterocycles. The van der Waals surface area contributed by atoms with Gasteiger partial charge in [-0.15, -0.1) is 13.2 Å². The van der Waals surface area contributed by atoms with Gasteiger partial charge in [-0.05, 0) is 56.2 Å². The Morgan fingerprint density at radius 3 is 2.27 bits per heavy atom. The van der Waals surface area contributed by atoms with Gasteiger partial charge in [0.15, 0.2) is 0 Å². The lowest BCUT2D eigenvalue weighted by atomic mass is 10.1. The van der Waals surface area contributed by atoms with Gasteiger partial charge >= 0.3 is 18.3 Å². The first kappa shape index (κ1) is 26.1. The van der Waals surface area contributed by atoms with Crippen LogP contribution in [0.5, 0.6) is 11.5 Å². The van der Waals surface area contributed by atoms with E-state index in [1.807, 2.05) is 0 Å². The monoisotopic (exact) mass is 469 g/mol. The third-order valence-electron chi connectivity index (χ3n) is 4.00. The van der Waals surface area contributed by atoms with Crippen LogP contribution in [0, 0.1) is 0 Å². The number of alkyl halides is 3. The van der Waals surface area contributed by atoms with Gasteiger partial charge in [0.25, 0.3) is 0 Å². The zero-order valence-corrected chi connectivity index (χ0v) is 18.4. The maximum Gasteiger partial charge on any atom is 0.573 e. The summed E-state index contributed by atoms with van der Waals surface area (Å²) in [5, 5.41) is 13.0. The zero-order valence-electron chi connectivity index (χ0n) is 18.4. The van der Waals surface area contributed by atoms with Crippen molar-refractivity contribution in [3.05, 3.63) is 59.7 Å². The Kier molecular flexibility index (Phi) is 8.84. The predicted molar refractivity (Wildman–Crippen MR) is 113 cm³/mol. The van der Waals surface area contributed by atoms with Crippen LogP contribution in [0.2, 0.25) is 0 Å². The van der Waals surface area contributed by atoms with Crippen molar-refractivity contribution in [1.82, 2.24) is 5.32 Å². The highest BCUT2D eigenvalue weighted by Gasteiger charge is 2.31. The highest BCUT2D eigenvalue weighted by molar-refractivity contribution is 5.75. The lowest BCUT2D eigenvalue weighted by Crippen LogP contribution is -2.33. The predicted octanol–water partition coefficient (Wildman–Crippen LogP) is 3.70. The molecule has 0 aliphatic carbocycles. The first-order chi connectivity index (χ1) is 15.3. The fourth-order valence-electron chi connectivity index (χ4n) is 2.75. The minimum atomic E-state index is -4.82. The second-order valence-electron chi connectivity index (χ2n) is 8.15. The topological polar surface area (TPSA) is 94.1 Å². The van der Waals surface area contributed by atoms with Crippen molar-refractivity contribution in [2.24, 2.45) is 0 Å². The summed E-state index contributed by atoms with van der Waals surface area (Å²) >= 11 is 0. The molecule has 2 aromatic rings. The SMILES string of the molecule is CC(C)(C)OC(=O)CNCC(O)c1ccc(OC(=O)Cc2cccc(OC(F)(F)F)c2)cc1. The molecule has 1 unspecified atom stereocenters. The number of carbonyl (C=O) groups excluding carboxylic acids is 2. The van der Waals surface area contributed by atoms with Crippen molar-refractivity contribution in [2.75, 3.05) is 13.1 Å². The number of halogens is 3. The number of rotatable bonds is 9. The van der Waals surface area contributed by atoms with Crippen LogP contribution in [0.15, 0.2) is 48.5 Å². The fraction of sp³-hybridized carbons (Fsp3) is 0.391. The van der Waals surface area contributed by atoms with Gasteiger partial charge < -0.3 is 24.6 Å². The third-order valence-corrected chi connectivity index (χ3v) is 4.00. The quantitative estimate of drug-likeness (QED) is 0.427. The Morgan fingerprint density at radius 2 is 1.67 bits per heavy atom.